The van der Waals surface area contributed by atoms with Gasteiger partial charge in [0.1, 0.15) is 0 Å². The van der Waals surface area contributed by atoms with Gasteiger partial charge in [-0.05, 0) is 30.4 Å². The second kappa shape index (κ2) is 7.95. The number of nitrogens with one attached hydrogen (secondary N) is 2. The molecule has 2 saturated heterocycles. The molecule has 2 N–H and O–H groups in total. The number of hydrogen-bond acceptors (Lipinski definition) is 2. The Labute approximate surface area is 166 Å². The Morgan fingerprint density at radius 2 is 2.24 bits per heavy atom. The molecule has 2 fully saturated rings. The predicted molar refractivity (Wildman–Crippen MR) is 113 cm³/mol. The molecule has 1 atom stereocenters. The molecule has 1 aromatic heterocycles. The van der Waals surface area contributed by atoms with E-state index in [1.165, 1.54) is 29.4 Å². The van der Waals surface area contributed by atoms with E-state index < -0.39 is 0 Å². The number of nitrogens with zero attached hydrogens (tertiary/aromatic N) is 2. The minimum absolute atomic E-state index is 0. The number of halogens is 1. The average Bonchev–Trinajstić information content (AvgIpc) is 3.32. The summed E-state index contributed by atoms with van der Waals surface area (Å²) in [5, 5.41) is 4.80. The van der Waals surface area contributed by atoms with E-state index in [-0.39, 0.29) is 24.0 Å². The third-order valence-electron chi connectivity index (χ3n) is 5.40. The third kappa shape index (κ3) is 3.95. The first-order valence-electron chi connectivity index (χ1n) is 8.88. The maximum absolute atomic E-state index is 5.62. The van der Waals surface area contributed by atoms with Crippen LogP contribution in [0, 0.1) is 5.41 Å². The lowest BCUT2D eigenvalue weighted by molar-refractivity contribution is 0.156. The fourth-order valence-corrected chi connectivity index (χ4v) is 4.00. The van der Waals surface area contributed by atoms with Crippen LogP contribution < -0.4 is 5.32 Å². The minimum Gasteiger partial charge on any atom is -0.381 e. The highest BCUT2D eigenvalue weighted by atomic mass is 127. The zero-order valence-corrected chi connectivity index (χ0v) is 17.1. The molecule has 25 heavy (non-hydrogen) atoms. The molecule has 4 rings (SSSR count). The molecular formula is C19H27IN4O. The molecule has 3 heterocycles. The second-order valence-corrected chi connectivity index (χ2v) is 7.08. The number of aromatic nitrogens is 1. The van der Waals surface area contributed by atoms with Crippen LogP contribution >= 0.6 is 24.0 Å². The highest BCUT2D eigenvalue weighted by Crippen LogP contribution is 2.38. The van der Waals surface area contributed by atoms with Gasteiger partial charge in [-0.1, -0.05) is 18.2 Å². The van der Waals surface area contributed by atoms with Crippen LogP contribution in [0.2, 0.25) is 0 Å². The summed E-state index contributed by atoms with van der Waals surface area (Å²) in [5.41, 5.74) is 2.84. The normalized spacial score (nSPS) is 23.4. The highest BCUT2D eigenvalue weighted by molar-refractivity contribution is 14.0. The van der Waals surface area contributed by atoms with Crippen molar-refractivity contribution in [2.45, 2.75) is 19.3 Å². The van der Waals surface area contributed by atoms with Crippen molar-refractivity contribution in [3.63, 3.8) is 0 Å². The molecule has 0 bridgehead atoms. The fourth-order valence-electron chi connectivity index (χ4n) is 4.00. The average molecular weight is 454 g/mol. The molecular weight excluding hydrogens is 427 g/mol. The van der Waals surface area contributed by atoms with E-state index in [1.807, 2.05) is 7.05 Å². The Morgan fingerprint density at radius 3 is 3.00 bits per heavy atom. The molecule has 2 aliphatic rings. The quantitative estimate of drug-likeness (QED) is 0.426. The van der Waals surface area contributed by atoms with Gasteiger partial charge in [0, 0.05) is 56.3 Å². The van der Waals surface area contributed by atoms with Gasteiger partial charge in [0.25, 0.3) is 0 Å². The molecule has 1 aromatic carbocycles. The van der Waals surface area contributed by atoms with E-state index in [0.29, 0.717) is 5.41 Å². The van der Waals surface area contributed by atoms with E-state index in [2.05, 4.69) is 50.5 Å². The molecule has 0 aliphatic carbocycles. The summed E-state index contributed by atoms with van der Waals surface area (Å²) in [6.45, 7) is 4.86. The van der Waals surface area contributed by atoms with Gasteiger partial charge in [0.2, 0.25) is 0 Å². The molecule has 1 unspecified atom stereocenters. The van der Waals surface area contributed by atoms with Crippen molar-refractivity contribution in [2.75, 3.05) is 39.9 Å². The summed E-state index contributed by atoms with van der Waals surface area (Å²) in [4.78, 5) is 10.4. The summed E-state index contributed by atoms with van der Waals surface area (Å²) in [6.07, 6.45) is 3.38. The number of ether oxygens (including phenoxy) is 1. The van der Waals surface area contributed by atoms with Crippen molar-refractivity contribution in [2.24, 2.45) is 10.4 Å². The van der Waals surface area contributed by atoms with Gasteiger partial charge in [-0.3, -0.25) is 4.99 Å². The van der Waals surface area contributed by atoms with Gasteiger partial charge in [-0.25, -0.2) is 0 Å². The van der Waals surface area contributed by atoms with Crippen molar-refractivity contribution < 1.29 is 4.74 Å². The monoisotopic (exact) mass is 454 g/mol. The number of aliphatic imine (C=N–C) groups is 1. The molecule has 1 spiro atoms. The summed E-state index contributed by atoms with van der Waals surface area (Å²) >= 11 is 0. The summed E-state index contributed by atoms with van der Waals surface area (Å²) < 4.78 is 5.62. The number of para-hydroxylation sites is 1. The van der Waals surface area contributed by atoms with Gasteiger partial charge in [0.15, 0.2) is 5.96 Å². The molecule has 2 aromatic rings. The van der Waals surface area contributed by atoms with E-state index in [4.69, 9.17) is 4.74 Å². The lowest BCUT2D eigenvalue weighted by Gasteiger charge is -2.24. The fraction of sp³-hybridized carbons (Fsp3) is 0.526. The van der Waals surface area contributed by atoms with Gasteiger partial charge in [-0.2, -0.15) is 0 Å². The molecule has 0 amide bonds. The number of benzene rings is 1. The summed E-state index contributed by atoms with van der Waals surface area (Å²) in [7, 11) is 1.88. The first-order chi connectivity index (χ1) is 11.8. The van der Waals surface area contributed by atoms with Crippen LogP contribution in [0.5, 0.6) is 0 Å². The van der Waals surface area contributed by atoms with Crippen LogP contribution in [-0.2, 0) is 11.2 Å². The van der Waals surface area contributed by atoms with Crippen LogP contribution in [0.15, 0.2) is 35.3 Å². The van der Waals surface area contributed by atoms with E-state index >= 15 is 0 Å². The number of H-pyrrole nitrogens is 1. The van der Waals surface area contributed by atoms with Crippen LogP contribution in [0.1, 0.15) is 18.5 Å². The van der Waals surface area contributed by atoms with Crippen molar-refractivity contribution >= 4 is 40.8 Å². The number of hydrogen-bond donors (Lipinski definition) is 2. The van der Waals surface area contributed by atoms with E-state index in [0.717, 1.165) is 45.2 Å². The van der Waals surface area contributed by atoms with Gasteiger partial charge >= 0.3 is 0 Å². The second-order valence-electron chi connectivity index (χ2n) is 7.08. The van der Waals surface area contributed by atoms with E-state index in [1.54, 1.807) is 0 Å². The lowest BCUT2D eigenvalue weighted by Crippen LogP contribution is -2.42. The Hall–Kier alpha value is -1.28. The lowest BCUT2D eigenvalue weighted by atomic mass is 9.87. The smallest absolute Gasteiger partial charge is 0.193 e. The topological polar surface area (TPSA) is 52.7 Å². The number of likely N-dealkylation sites (tertiary alicyclic amines) is 1. The van der Waals surface area contributed by atoms with Crippen molar-refractivity contribution in [1.29, 1.82) is 0 Å². The number of guanidine groups is 1. The molecule has 136 valence electrons. The number of fused-ring (bicyclic) bond motifs is 1. The van der Waals surface area contributed by atoms with Crippen molar-refractivity contribution in [1.82, 2.24) is 15.2 Å². The van der Waals surface area contributed by atoms with Crippen molar-refractivity contribution in [3.05, 3.63) is 36.0 Å². The summed E-state index contributed by atoms with van der Waals surface area (Å²) in [6, 6.07) is 10.7. The Kier molecular flexibility index (Phi) is 5.89. The zero-order valence-electron chi connectivity index (χ0n) is 14.8. The van der Waals surface area contributed by atoms with Crippen LogP contribution in [0.4, 0.5) is 0 Å². The largest absolute Gasteiger partial charge is 0.381 e. The van der Waals surface area contributed by atoms with Crippen LogP contribution in [0.3, 0.4) is 0 Å². The standard InChI is InChI=1S/C19H26N4O.HI/c1-20-18(23-10-7-19(13-23)8-11-24-14-19)21-9-6-16-12-15-4-2-3-5-17(15)22-16;/h2-5,12,22H,6-11,13-14H2,1H3,(H,20,21);1H. The molecule has 5 nitrogen and oxygen atoms in total. The van der Waals surface area contributed by atoms with Gasteiger partial charge < -0.3 is 19.9 Å². The SMILES string of the molecule is CN=C(NCCc1cc2ccccc2[nH]1)N1CCC2(CCOC2)C1.I. The Morgan fingerprint density at radius 1 is 1.36 bits per heavy atom. The van der Waals surface area contributed by atoms with Gasteiger partial charge in [-0.15, -0.1) is 24.0 Å². The van der Waals surface area contributed by atoms with Crippen LogP contribution in [-0.4, -0.2) is 55.7 Å². The highest BCUT2D eigenvalue weighted by Gasteiger charge is 2.42. The van der Waals surface area contributed by atoms with Crippen molar-refractivity contribution in [3.8, 4) is 0 Å². The maximum Gasteiger partial charge on any atom is 0.193 e. The predicted octanol–water partition coefficient (Wildman–Crippen LogP) is 3.02. The Bertz CT molecular complexity index is 703. The molecule has 6 heteroatoms. The molecule has 2 aliphatic heterocycles. The van der Waals surface area contributed by atoms with Gasteiger partial charge in [0.05, 0.1) is 6.61 Å². The zero-order chi connectivity index (χ0) is 16.4. The first kappa shape index (κ1) is 18.5. The van der Waals surface area contributed by atoms with E-state index in [9.17, 15) is 0 Å². The molecule has 0 radical (unpaired) electrons. The minimum atomic E-state index is 0. The number of aromatic amines is 1. The summed E-state index contributed by atoms with van der Waals surface area (Å²) in [5.74, 6) is 1.02. The maximum atomic E-state index is 5.62. The Balaban J connectivity index is 0.00000182. The van der Waals surface area contributed by atoms with Crippen LogP contribution in [0.25, 0.3) is 10.9 Å². The first-order valence-corrected chi connectivity index (χ1v) is 8.88. The third-order valence-corrected chi connectivity index (χ3v) is 5.40. The number of rotatable bonds is 3. The molecule has 0 saturated carbocycles.